The molecule has 1 spiro atoms. The van der Waals surface area contributed by atoms with E-state index in [-0.39, 0.29) is 23.9 Å². The molecule has 1 aromatic rings. The molecule has 1 atom stereocenters. The normalized spacial score (nSPS) is 22.9. The molecule has 0 N–H and O–H groups in total. The molecule has 0 saturated carbocycles. The van der Waals surface area contributed by atoms with Gasteiger partial charge in [-0.1, -0.05) is 18.2 Å². The van der Waals surface area contributed by atoms with Crippen molar-refractivity contribution in [3.05, 3.63) is 48.1 Å². The third-order valence-electron chi connectivity index (χ3n) is 5.49. The maximum absolute atomic E-state index is 14.0. The summed E-state index contributed by atoms with van der Waals surface area (Å²) in [7, 11) is 0. The summed E-state index contributed by atoms with van der Waals surface area (Å²) in [4.78, 5) is 28.7. The van der Waals surface area contributed by atoms with Crippen LogP contribution in [0.3, 0.4) is 0 Å². The molecule has 0 aromatic heterocycles. The fraction of sp³-hybridized carbons (Fsp3) is 0.500. The van der Waals surface area contributed by atoms with Gasteiger partial charge >= 0.3 is 0 Å². The number of hydrogen-bond acceptors (Lipinski definition) is 2. The molecule has 2 aliphatic rings. The van der Waals surface area contributed by atoms with Gasteiger partial charge in [0.15, 0.2) is 11.6 Å². The summed E-state index contributed by atoms with van der Waals surface area (Å²) < 4.78 is 27.4. The van der Waals surface area contributed by atoms with Gasteiger partial charge in [-0.2, -0.15) is 0 Å². The van der Waals surface area contributed by atoms with E-state index in [1.807, 2.05) is 0 Å². The van der Waals surface area contributed by atoms with Crippen molar-refractivity contribution in [3.8, 4) is 0 Å². The Bertz CT molecular complexity index is 722. The third kappa shape index (κ3) is 3.50. The molecule has 0 unspecified atom stereocenters. The average Bonchev–Trinajstić information content (AvgIpc) is 3.06. The summed E-state index contributed by atoms with van der Waals surface area (Å²) in [5, 5.41) is 0. The summed E-state index contributed by atoms with van der Waals surface area (Å²) in [6, 6.07) is 4.03. The lowest BCUT2D eigenvalue weighted by Gasteiger charge is -2.39. The van der Waals surface area contributed by atoms with Crippen molar-refractivity contribution in [1.82, 2.24) is 9.80 Å². The van der Waals surface area contributed by atoms with E-state index < -0.39 is 17.0 Å². The summed E-state index contributed by atoms with van der Waals surface area (Å²) in [6.07, 6.45) is 4.92. The van der Waals surface area contributed by atoms with Gasteiger partial charge in [0.2, 0.25) is 11.8 Å². The molecule has 2 fully saturated rings. The van der Waals surface area contributed by atoms with E-state index in [4.69, 9.17) is 0 Å². The fourth-order valence-electron chi connectivity index (χ4n) is 4.03. The molecule has 0 radical (unpaired) electrons. The average molecular weight is 362 g/mol. The number of nitrogens with zero attached hydrogens (tertiary/aromatic N) is 2. The third-order valence-corrected chi connectivity index (χ3v) is 5.49. The number of amides is 2. The zero-order chi connectivity index (χ0) is 18.7. The number of likely N-dealkylation sites (tertiary alicyclic amines) is 2. The maximum atomic E-state index is 14.0. The zero-order valence-electron chi connectivity index (χ0n) is 14.8. The molecule has 2 saturated heterocycles. The van der Waals surface area contributed by atoms with Gasteiger partial charge < -0.3 is 9.80 Å². The Labute approximate surface area is 152 Å². The first-order valence-corrected chi connectivity index (χ1v) is 9.08. The minimum atomic E-state index is -0.901. The van der Waals surface area contributed by atoms with Gasteiger partial charge in [-0.25, -0.2) is 8.78 Å². The van der Waals surface area contributed by atoms with E-state index in [0.717, 1.165) is 18.9 Å². The topological polar surface area (TPSA) is 40.6 Å². The summed E-state index contributed by atoms with van der Waals surface area (Å²) >= 11 is 0. The van der Waals surface area contributed by atoms with Crippen molar-refractivity contribution < 1.29 is 18.4 Å². The highest BCUT2D eigenvalue weighted by atomic mass is 19.2. The van der Waals surface area contributed by atoms with Crippen LogP contribution in [0.4, 0.5) is 8.78 Å². The van der Waals surface area contributed by atoms with Gasteiger partial charge in [0, 0.05) is 38.2 Å². The molecule has 6 heteroatoms. The Hall–Kier alpha value is -2.24. The Kier molecular flexibility index (Phi) is 5.39. The molecule has 4 nitrogen and oxygen atoms in total. The molecular formula is C20H24F2N2O2. The minimum Gasteiger partial charge on any atom is -0.342 e. The molecule has 0 bridgehead atoms. The molecule has 0 aliphatic carbocycles. The Morgan fingerprint density at radius 2 is 2.08 bits per heavy atom. The quantitative estimate of drug-likeness (QED) is 0.755. The summed E-state index contributed by atoms with van der Waals surface area (Å²) in [5.74, 6) is -1.80. The highest BCUT2D eigenvalue weighted by Crippen LogP contribution is 2.40. The van der Waals surface area contributed by atoms with Crippen LogP contribution in [0.1, 0.15) is 37.7 Å². The van der Waals surface area contributed by atoms with Crippen molar-refractivity contribution in [1.29, 1.82) is 0 Å². The van der Waals surface area contributed by atoms with E-state index in [1.165, 1.54) is 12.1 Å². The Morgan fingerprint density at radius 1 is 1.27 bits per heavy atom. The molecule has 3 rings (SSSR count). The summed E-state index contributed by atoms with van der Waals surface area (Å²) in [5.41, 5.74) is -0.390. The van der Waals surface area contributed by atoms with Crippen molar-refractivity contribution >= 4 is 11.8 Å². The molecule has 140 valence electrons. The van der Waals surface area contributed by atoms with E-state index in [1.54, 1.807) is 15.9 Å². The second-order valence-electron chi connectivity index (χ2n) is 7.22. The first-order chi connectivity index (χ1) is 12.5. The van der Waals surface area contributed by atoms with Gasteiger partial charge in [0.25, 0.3) is 0 Å². The van der Waals surface area contributed by atoms with Crippen LogP contribution in [-0.4, -0.2) is 41.2 Å². The van der Waals surface area contributed by atoms with Crippen LogP contribution in [0.25, 0.3) is 0 Å². The zero-order valence-corrected chi connectivity index (χ0v) is 14.8. The van der Waals surface area contributed by atoms with Crippen LogP contribution in [0.2, 0.25) is 0 Å². The van der Waals surface area contributed by atoms with Gasteiger partial charge in [-0.15, -0.1) is 6.58 Å². The molecule has 2 aliphatic heterocycles. The Morgan fingerprint density at radius 3 is 2.85 bits per heavy atom. The fourth-order valence-corrected chi connectivity index (χ4v) is 4.03. The van der Waals surface area contributed by atoms with Crippen LogP contribution in [0.5, 0.6) is 0 Å². The van der Waals surface area contributed by atoms with E-state index in [0.29, 0.717) is 38.9 Å². The van der Waals surface area contributed by atoms with Crippen LogP contribution >= 0.6 is 0 Å². The molecule has 26 heavy (non-hydrogen) atoms. The molecule has 2 amide bonds. The lowest BCUT2D eigenvalue weighted by Crippen LogP contribution is -2.50. The van der Waals surface area contributed by atoms with Crippen molar-refractivity contribution in [2.24, 2.45) is 5.41 Å². The van der Waals surface area contributed by atoms with Crippen molar-refractivity contribution in [2.45, 2.75) is 38.6 Å². The molecular weight excluding hydrogens is 338 g/mol. The predicted octanol–water partition coefficient (Wildman–Crippen LogP) is 3.27. The number of carbonyl (C=O) groups excluding carboxylic acids is 2. The summed E-state index contributed by atoms with van der Waals surface area (Å²) in [6.45, 7) is 5.22. The predicted molar refractivity (Wildman–Crippen MR) is 94.1 cm³/mol. The SMILES string of the molecule is C=CCCC(=O)N1CC[C@@]2(CCCN(Cc3cccc(F)c3F)C2=O)C1. The number of halogens is 2. The van der Waals surface area contributed by atoms with Crippen LogP contribution in [0, 0.1) is 17.0 Å². The highest BCUT2D eigenvalue weighted by Gasteiger charge is 2.49. The smallest absolute Gasteiger partial charge is 0.230 e. The lowest BCUT2D eigenvalue weighted by molar-refractivity contribution is -0.146. The van der Waals surface area contributed by atoms with E-state index in [9.17, 15) is 18.4 Å². The second-order valence-corrected chi connectivity index (χ2v) is 7.22. The number of carbonyl (C=O) groups is 2. The largest absolute Gasteiger partial charge is 0.342 e. The maximum Gasteiger partial charge on any atom is 0.230 e. The molecule has 2 heterocycles. The molecule has 1 aromatic carbocycles. The van der Waals surface area contributed by atoms with Crippen LogP contribution < -0.4 is 0 Å². The number of rotatable bonds is 5. The van der Waals surface area contributed by atoms with Gasteiger partial charge in [0.05, 0.1) is 5.41 Å². The van der Waals surface area contributed by atoms with E-state index >= 15 is 0 Å². The minimum absolute atomic E-state index is 0.0443. The second kappa shape index (κ2) is 7.56. The number of hydrogen-bond donors (Lipinski definition) is 0. The Balaban J connectivity index is 1.71. The first-order valence-electron chi connectivity index (χ1n) is 9.08. The number of allylic oxidation sites excluding steroid dienone is 1. The first kappa shape index (κ1) is 18.5. The van der Waals surface area contributed by atoms with E-state index in [2.05, 4.69) is 6.58 Å². The van der Waals surface area contributed by atoms with Gasteiger partial charge in [0.1, 0.15) is 0 Å². The highest BCUT2D eigenvalue weighted by molar-refractivity contribution is 5.86. The number of benzene rings is 1. The van der Waals surface area contributed by atoms with Crippen LogP contribution in [0.15, 0.2) is 30.9 Å². The lowest BCUT2D eigenvalue weighted by atomic mass is 9.78. The monoisotopic (exact) mass is 362 g/mol. The van der Waals surface area contributed by atoms with Crippen LogP contribution in [-0.2, 0) is 16.1 Å². The van der Waals surface area contributed by atoms with Gasteiger partial charge in [-0.3, -0.25) is 9.59 Å². The number of piperidine rings is 1. The van der Waals surface area contributed by atoms with Gasteiger partial charge in [-0.05, 0) is 31.7 Å². The van der Waals surface area contributed by atoms with Crippen molar-refractivity contribution in [3.63, 3.8) is 0 Å². The van der Waals surface area contributed by atoms with Crippen molar-refractivity contribution in [2.75, 3.05) is 19.6 Å². The standard InChI is InChI=1S/C20H24F2N2O2/c1-2-3-8-17(25)24-12-10-20(14-24)9-5-11-23(19(20)26)13-15-6-4-7-16(21)18(15)22/h2,4,6-7H,1,3,5,8-14H2/t20-/m0/s1.